The van der Waals surface area contributed by atoms with Gasteiger partial charge in [0.15, 0.2) is 5.75 Å². The SMILES string of the molecule is Cc1c(S(=O)(=O)Nc2ccc(-c3ccncc3)cc2OC(F)(F)F)sc2ccc(F)cc12. The Morgan fingerprint density at radius 3 is 2.41 bits per heavy atom. The molecule has 5 nitrogen and oxygen atoms in total. The number of rotatable bonds is 5. The molecule has 0 aliphatic heterocycles. The third-order valence-corrected chi connectivity index (χ3v) is 7.82. The fraction of sp³-hybridized carbons (Fsp3) is 0.0952. The summed E-state index contributed by atoms with van der Waals surface area (Å²) in [6.07, 6.45) is -2.09. The molecule has 0 amide bonds. The summed E-state index contributed by atoms with van der Waals surface area (Å²) in [5.74, 6) is -1.23. The average molecular weight is 482 g/mol. The van der Waals surface area contributed by atoms with Gasteiger partial charge in [-0.1, -0.05) is 6.07 Å². The fourth-order valence-corrected chi connectivity index (χ4v) is 5.98. The van der Waals surface area contributed by atoms with Crippen molar-refractivity contribution in [1.82, 2.24) is 4.98 Å². The van der Waals surface area contributed by atoms with Crippen molar-refractivity contribution >= 4 is 37.1 Å². The molecule has 1 N–H and O–H groups in total. The van der Waals surface area contributed by atoms with E-state index in [4.69, 9.17) is 0 Å². The van der Waals surface area contributed by atoms with Crippen LogP contribution in [0.25, 0.3) is 21.2 Å². The number of hydrogen-bond donors (Lipinski definition) is 1. The molecule has 0 aliphatic rings. The van der Waals surface area contributed by atoms with Crippen LogP contribution < -0.4 is 9.46 Å². The molecule has 32 heavy (non-hydrogen) atoms. The van der Waals surface area contributed by atoms with E-state index in [1.807, 2.05) is 0 Å². The number of aromatic nitrogens is 1. The number of nitrogens with one attached hydrogen (secondary N) is 1. The monoisotopic (exact) mass is 482 g/mol. The summed E-state index contributed by atoms with van der Waals surface area (Å²) in [7, 11) is -4.29. The minimum absolute atomic E-state index is 0.130. The van der Waals surface area contributed by atoms with Crippen molar-refractivity contribution in [2.24, 2.45) is 0 Å². The third kappa shape index (κ3) is 4.53. The molecular weight excluding hydrogens is 468 g/mol. The van der Waals surface area contributed by atoms with E-state index < -0.39 is 28.0 Å². The molecule has 4 rings (SSSR count). The van der Waals surface area contributed by atoms with E-state index in [9.17, 15) is 26.0 Å². The first-order valence-electron chi connectivity index (χ1n) is 9.05. The van der Waals surface area contributed by atoms with Crippen molar-refractivity contribution in [2.75, 3.05) is 4.72 Å². The van der Waals surface area contributed by atoms with Gasteiger partial charge in [-0.3, -0.25) is 9.71 Å². The van der Waals surface area contributed by atoms with Crippen molar-refractivity contribution in [3.05, 3.63) is 72.3 Å². The second kappa shape index (κ2) is 8.06. The molecule has 4 aromatic rings. The molecule has 0 radical (unpaired) electrons. The quantitative estimate of drug-likeness (QED) is 0.349. The van der Waals surface area contributed by atoms with Crippen molar-refractivity contribution < 1.29 is 30.7 Å². The van der Waals surface area contributed by atoms with Crippen LogP contribution in [-0.2, 0) is 10.0 Å². The van der Waals surface area contributed by atoms with E-state index in [0.29, 0.717) is 26.8 Å². The zero-order chi connectivity index (χ0) is 23.1. The summed E-state index contributed by atoms with van der Waals surface area (Å²) in [5, 5.41) is 0.412. The van der Waals surface area contributed by atoms with Crippen LogP contribution in [0.3, 0.4) is 0 Å². The van der Waals surface area contributed by atoms with Crippen LogP contribution in [0.1, 0.15) is 5.56 Å². The number of hydrogen-bond acceptors (Lipinski definition) is 5. The van der Waals surface area contributed by atoms with Gasteiger partial charge in [-0.25, -0.2) is 12.8 Å². The van der Waals surface area contributed by atoms with Crippen molar-refractivity contribution in [2.45, 2.75) is 17.5 Å². The maximum atomic E-state index is 13.6. The van der Waals surface area contributed by atoms with Gasteiger partial charge >= 0.3 is 6.36 Å². The zero-order valence-corrected chi connectivity index (χ0v) is 17.9. The number of thiophene rings is 1. The first-order chi connectivity index (χ1) is 15.0. The summed E-state index contributed by atoms with van der Waals surface area (Å²) in [6, 6.07) is 10.8. The highest BCUT2D eigenvalue weighted by molar-refractivity contribution is 7.95. The van der Waals surface area contributed by atoms with Gasteiger partial charge in [-0.05, 0) is 71.5 Å². The van der Waals surface area contributed by atoms with Gasteiger partial charge in [0.05, 0.1) is 5.69 Å². The Morgan fingerprint density at radius 1 is 1.00 bits per heavy atom. The summed E-state index contributed by atoms with van der Waals surface area (Å²) in [4.78, 5) is 3.86. The number of sulfonamides is 1. The Balaban J connectivity index is 1.76. The lowest BCUT2D eigenvalue weighted by atomic mass is 10.1. The molecule has 166 valence electrons. The van der Waals surface area contributed by atoms with Gasteiger partial charge in [0.25, 0.3) is 10.0 Å². The number of nitrogens with zero attached hydrogens (tertiary/aromatic N) is 1. The zero-order valence-electron chi connectivity index (χ0n) is 16.3. The van der Waals surface area contributed by atoms with E-state index in [2.05, 4.69) is 14.4 Å². The van der Waals surface area contributed by atoms with Crippen LogP contribution in [-0.4, -0.2) is 19.8 Å². The second-order valence-electron chi connectivity index (χ2n) is 6.76. The van der Waals surface area contributed by atoms with E-state index in [1.54, 1.807) is 12.1 Å². The van der Waals surface area contributed by atoms with Crippen LogP contribution in [0, 0.1) is 12.7 Å². The number of aryl methyl sites for hydroxylation is 1. The Kier molecular flexibility index (Phi) is 5.55. The number of halogens is 4. The Morgan fingerprint density at radius 2 is 1.72 bits per heavy atom. The molecule has 0 unspecified atom stereocenters. The lowest BCUT2D eigenvalue weighted by Crippen LogP contribution is -2.20. The minimum atomic E-state index is -5.04. The summed E-state index contributed by atoms with van der Waals surface area (Å²) in [6.45, 7) is 1.51. The molecule has 0 aliphatic carbocycles. The standard InChI is InChI=1S/C21H14F4N2O3S2/c1-12-16-11-15(22)3-5-19(16)31-20(12)32(28,29)27-17-4-2-14(13-6-8-26-9-7-13)10-18(17)30-21(23,24)25/h2-11,27H,1H3. The van der Waals surface area contributed by atoms with E-state index >= 15 is 0 Å². The summed E-state index contributed by atoms with van der Waals surface area (Å²) >= 11 is 0.891. The highest BCUT2D eigenvalue weighted by Gasteiger charge is 2.33. The number of anilines is 1. The first kappa shape index (κ1) is 22.0. The smallest absolute Gasteiger partial charge is 0.404 e. The molecule has 0 atom stereocenters. The molecule has 0 saturated carbocycles. The molecular formula is C21H14F4N2O3S2. The van der Waals surface area contributed by atoms with Crippen LogP contribution >= 0.6 is 11.3 Å². The average Bonchev–Trinajstić information content (AvgIpc) is 3.06. The summed E-state index contributed by atoms with van der Waals surface area (Å²) < 4.78 is 85.3. The van der Waals surface area contributed by atoms with Gasteiger partial charge < -0.3 is 4.74 Å². The van der Waals surface area contributed by atoms with E-state index in [0.717, 1.165) is 17.4 Å². The number of fused-ring (bicyclic) bond motifs is 1. The van der Waals surface area contributed by atoms with Gasteiger partial charge in [0, 0.05) is 17.1 Å². The third-order valence-electron chi connectivity index (χ3n) is 4.56. The Hall–Kier alpha value is -3.18. The minimum Gasteiger partial charge on any atom is -0.404 e. The molecule has 0 bridgehead atoms. The molecule has 0 spiro atoms. The van der Waals surface area contributed by atoms with Gasteiger partial charge in [0.1, 0.15) is 10.0 Å². The van der Waals surface area contributed by atoms with Crippen LogP contribution in [0.4, 0.5) is 23.2 Å². The predicted octanol–water partition coefficient (Wildman–Crippen LogP) is 6.11. The Labute approximate surface area is 184 Å². The van der Waals surface area contributed by atoms with Crippen molar-refractivity contribution in [3.63, 3.8) is 0 Å². The van der Waals surface area contributed by atoms with E-state index in [1.165, 1.54) is 49.6 Å². The van der Waals surface area contributed by atoms with Gasteiger partial charge in [-0.2, -0.15) is 0 Å². The van der Waals surface area contributed by atoms with Crippen molar-refractivity contribution in [1.29, 1.82) is 0 Å². The molecule has 2 aromatic heterocycles. The number of benzene rings is 2. The maximum absolute atomic E-state index is 13.6. The van der Waals surface area contributed by atoms with Crippen LogP contribution in [0.5, 0.6) is 5.75 Å². The molecule has 0 fully saturated rings. The van der Waals surface area contributed by atoms with Gasteiger partial charge in [-0.15, -0.1) is 24.5 Å². The number of pyridine rings is 1. The maximum Gasteiger partial charge on any atom is 0.573 e. The Bertz CT molecular complexity index is 1400. The lowest BCUT2D eigenvalue weighted by Gasteiger charge is -2.16. The highest BCUT2D eigenvalue weighted by atomic mass is 32.2. The highest BCUT2D eigenvalue weighted by Crippen LogP contribution is 2.39. The lowest BCUT2D eigenvalue weighted by molar-refractivity contribution is -0.274. The predicted molar refractivity (Wildman–Crippen MR) is 114 cm³/mol. The topological polar surface area (TPSA) is 68.3 Å². The first-order valence-corrected chi connectivity index (χ1v) is 11.4. The second-order valence-corrected chi connectivity index (χ2v) is 9.68. The summed E-state index contributed by atoms with van der Waals surface area (Å²) in [5.41, 5.74) is 0.860. The van der Waals surface area contributed by atoms with Gasteiger partial charge in [0.2, 0.25) is 0 Å². The molecule has 11 heteroatoms. The number of ether oxygens (including phenoxy) is 1. The molecule has 2 heterocycles. The largest absolute Gasteiger partial charge is 0.573 e. The number of alkyl halides is 3. The van der Waals surface area contributed by atoms with E-state index in [-0.39, 0.29) is 9.90 Å². The molecule has 2 aromatic carbocycles. The van der Waals surface area contributed by atoms with Crippen molar-refractivity contribution in [3.8, 4) is 16.9 Å². The van der Waals surface area contributed by atoms with Crippen LogP contribution in [0.15, 0.2) is 65.1 Å². The van der Waals surface area contributed by atoms with Crippen LogP contribution in [0.2, 0.25) is 0 Å². The fourth-order valence-electron chi connectivity index (χ4n) is 3.16. The normalized spacial score (nSPS) is 12.2. The molecule has 0 saturated heterocycles.